The summed E-state index contributed by atoms with van der Waals surface area (Å²) in [5.74, 6) is 0.889. The molecular weight excluding hydrogens is 436 g/mol. The van der Waals surface area contributed by atoms with Gasteiger partial charge < -0.3 is 29.0 Å². The van der Waals surface area contributed by atoms with E-state index in [1.54, 1.807) is 38.5 Å². The fraction of sp³-hybridized carbons (Fsp3) is 0.462. The Morgan fingerprint density at radius 3 is 2.44 bits per heavy atom. The Hall–Kier alpha value is -3.12. The molecule has 2 rings (SSSR count). The summed E-state index contributed by atoms with van der Waals surface area (Å²) in [6, 6.07) is 14.7. The van der Waals surface area contributed by atoms with E-state index in [0.717, 1.165) is 18.5 Å². The van der Waals surface area contributed by atoms with E-state index in [1.165, 1.54) is 14.2 Å². The van der Waals surface area contributed by atoms with Crippen molar-refractivity contribution in [3.63, 3.8) is 0 Å². The molecule has 184 valence electrons. The molecule has 2 atom stereocenters. The van der Waals surface area contributed by atoms with Crippen molar-refractivity contribution in [3.05, 3.63) is 59.2 Å². The number of methoxy groups -OCH3 is 4. The van der Waals surface area contributed by atoms with Crippen molar-refractivity contribution in [3.8, 4) is 17.6 Å². The van der Waals surface area contributed by atoms with Crippen LogP contribution in [0.2, 0.25) is 0 Å². The number of esters is 1. The molecule has 0 spiro atoms. The number of nitriles is 1. The molecule has 0 radical (unpaired) electrons. The van der Waals surface area contributed by atoms with E-state index in [-0.39, 0.29) is 0 Å². The van der Waals surface area contributed by atoms with Gasteiger partial charge in [-0.3, -0.25) is 0 Å². The van der Waals surface area contributed by atoms with Gasteiger partial charge in [0, 0.05) is 13.7 Å². The number of aliphatic hydroxyl groups is 1. The van der Waals surface area contributed by atoms with Crippen molar-refractivity contribution in [2.45, 2.75) is 31.0 Å². The van der Waals surface area contributed by atoms with Crippen molar-refractivity contribution < 1.29 is 28.8 Å². The molecule has 34 heavy (non-hydrogen) atoms. The highest BCUT2D eigenvalue weighted by Gasteiger charge is 2.40. The minimum Gasteiger partial charge on any atom is -0.493 e. The first kappa shape index (κ1) is 27.1. The Bertz CT molecular complexity index is 989. The van der Waals surface area contributed by atoms with Gasteiger partial charge in [0.2, 0.25) is 0 Å². The zero-order chi connectivity index (χ0) is 25.1. The summed E-state index contributed by atoms with van der Waals surface area (Å²) >= 11 is 0. The van der Waals surface area contributed by atoms with Crippen molar-refractivity contribution in [1.82, 2.24) is 4.90 Å². The Morgan fingerprint density at radius 1 is 1.09 bits per heavy atom. The van der Waals surface area contributed by atoms with Crippen LogP contribution in [0.1, 0.15) is 34.3 Å². The summed E-state index contributed by atoms with van der Waals surface area (Å²) in [6.45, 7) is 1.52. The molecule has 8 heteroatoms. The van der Waals surface area contributed by atoms with Gasteiger partial charge in [0.05, 0.1) is 33.0 Å². The van der Waals surface area contributed by atoms with Gasteiger partial charge in [-0.05, 0) is 68.2 Å². The van der Waals surface area contributed by atoms with E-state index in [4.69, 9.17) is 18.9 Å². The van der Waals surface area contributed by atoms with Gasteiger partial charge >= 0.3 is 5.97 Å². The van der Waals surface area contributed by atoms with E-state index in [0.29, 0.717) is 42.0 Å². The van der Waals surface area contributed by atoms with E-state index < -0.39 is 17.7 Å². The van der Waals surface area contributed by atoms with Crippen LogP contribution in [0.5, 0.6) is 11.5 Å². The number of nitrogens with zero attached hydrogens (tertiary/aromatic N) is 2. The van der Waals surface area contributed by atoms with Gasteiger partial charge in [-0.1, -0.05) is 18.2 Å². The smallest absolute Gasteiger partial charge is 0.337 e. The predicted octanol–water partition coefficient (Wildman–Crippen LogP) is 3.17. The van der Waals surface area contributed by atoms with Crippen LogP contribution in [0.15, 0.2) is 42.5 Å². The lowest BCUT2D eigenvalue weighted by molar-refractivity contribution is -0.114. The molecule has 8 nitrogen and oxygen atoms in total. The van der Waals surface area contributed by atoms with Crippen LogP contribution in [0.25, 0.3) is 0 Å². The largest absolute Gasteiger partial charge is 0.493 e. The SMILES string of the molecule is COC(=O)c1cccc(C(C#N)(CCCN(C)CCc2ccc(OC)c(OC)c2)C(O)OC)c1. The summed E-state index contributed by atoms with van der Waals surface area (Å²) in [5.41, 5.74) is 0.642. The Balaban J connectivity index is 2.06. The minimum absolute atomic E-state index is 0.315. The van der Waals surface area contributed by atoms with Crippen molar-refractivity contribution in [2.75, 3.05) is 48.6 Å². The van der Waals surface area contributed by atoms with Gasteiger partial charge in [-0.15, -0.1) is 0 Å². The predicted molar refractivity (Wildman–Crippen MR) is 128 cm³/mol. The minimum atomic E-state index is -1.34. The summed E-state index contributed by atoms with van der Waals surface area (Å²) in [6.07, 6.45) is 0.465. The van der Waals surface area contributed by atoms with Crippen molar-refractivity contribution in [2.24, 2.45) is 0 Å². The van der Waals surface area contributed by atoms with Crippen LogP contribution in [-0.4, -0.2) is 70.8 Å². The van der Waals surface area contributed by atoms with E-state index in [9.17, 15) is 15.2 Å². The molecule has 2 unspecified atom stereocenters. The number of aliphatic hydroxyl groups excluding tert-OH is 1. The second-order valence-electron chi connectivity index (χ2n) is 8.09. The Morgan fingerprint density at radius 2 is 1.82 bits per heavy atom. The first-order valence-corrected chi connectivity index (χ1v) is 11.1. The lowest BCUT2D eigenvalue weighted by Gasteiger charge is -2.32. The fourth-order valence-corrected chi connectivity index (χ4v) is 3.92. The van der Waals surface area contributed by atoms with Gasteiger partial charge in [0.25, 0.3) is 0 Å². The summed E-state index contributed by atoms with van der Waals surface area (Å²) in [7, 11) is 7.90. The molecule has 0 saturated heterocycles. The number of hydrogen-bond donors (Lipinski definition) is 1. The molecule has 0 aliphatic carbocycles. The van der Waals surface area contributed by atoms with Gasteiger partial charge in [0.1, 0.15) is 5.41 Å². The third-order valence-electron chi connectivity index (χ3n) is 5.98. The van der Waals surface area contributed by atoms with Crippen molar-refractivity contribution in [1.29, 1.82) is 5.26 Å². The molecule has 1 N–H and O–H groups in total. The van der Waals surface area contributed by atoms with Gasteiger partial charge in [0.15, 0.2) is 17.8 Å². The average Bonchev–Trinajstić information content (AvgIpc) is 2.88. The first-order chi connectivity index (χ1) is 16.3. The normalized spacial score (nSPS) is 13.6. The number of carbonyl (C=O) groups is 1. The zero-order valence-corrected chi connectivity index (χ0v) is 20.5. The summed E-state index contributed by atoms with van der Waals surface area (Å²) < 4.78 is 20.6. The van der Waals surface area contributed by atoms with Gasteiger partial charge in [-0.2, -0.15) is 5.26 Å². The third-order valence-corrected chi connectivity index (χ3v) is 5.98. The van der Waals surface area contributed by atoms with Gasteiger partial charge in [-0.25, -0.2) is 4.79 Å². The van der Waals surface area contributed by atoms with Crippen LogP contribution in [0.4, 0.5) is 0 Å². The molecule has 0 fully saturated rings. The third kappa shape index (κ3) is 6.48. The van der Waals surface area contributed by atoms with E-state index in [2.05, 4.69) is 11.0 Å². The second-order valence-corrected chi connectivity index (χ2v) is 8.09. The Labute approximate surface area is 201 Å². The lowest BCUT2D eigenvalue weighted by atomic mass is 9.76. The number of benzene rings is 2. The lowest BCUT2D eigenvalue weighted by Crippen LogP contribution is -2.40. The quantitative estimate of drug-likeness (QED) is 0.352. The molecule has 0 heterocycles. The molecule has 2 aromatic rings. The monoisotopic (exact) mass is 470 g/mol. The molecule has 2 aromatic carbocycles. The maximum absolute atomic E-state index is 12.0. The topological polar surface area (TPSA) is 101 Å². The molecule has 0 bridgehead atoms. The molecule has 0 aromatic heterocycles. The number of rotatable bonds is 13. The van der Waals surface area contributed by atoms with Crippen molar-refractivity contribution >= 4 is 5.97 Å². The second kappa shape index (κ2) is 12.9. The van der Waals surface area contributed by atoms with Crippen LogP contribution < -0.4 is 9.47 Å². The highest BCUT2D eigenvalue weighted by molar-refractivity contribution is 5.89. The molecular formula is C26H34N2O6. The average molecular weight is 471 g/mol. The summed E-state index contributed by atoms with van der Waals surface area (Å²) in [4.78, 5) is 14.1. The van der Waals surface area contributed by atoms with E-state index in [1.807, 2.05) is 25.2 Å². The number of ether oxygens (including phenoxy) is 4. The van der Waals surface area contributed by atoms with Crippen LogP contribution in [0, 0.1) is 11.3 Å². The number of likely N-dealkylation sites (N-methyl/N-ethyl adjacent to an activating group) is 1. The van der Waals surface area contributed by atoms with E-state index >= 15 is 0 Å². The molecule has 0 aliphatic heterocycles. The molecule has 0 aliphatic rings. The maximum atomic E-state index is 12.0. The Kier molecular flexibility index (Phi) is 10.3. The number of carbonyl (C=O) groups excluding carboxylic acids is 1. The standard InChI is InChI=1S/C26H34N2O6/c1-28(15-12-19-10-11-22(31-2)23(16-19)32-3)14-7-13-26(18-27,25(30)34-5)21-9-6-8-20(17-21)24(29)33-4/h6,8-11,16-17,25,30H,7,12-15H2,1-5H3. The first-order valence-electron chi connectivity index (χ1n) is 11.1. The maximum Gasteiger partial charge on any atom is 0.337 e. The summed E-state index contributed by atoms with van der Waals surface area (Å²) in [5, 5.41) is 20.7. The highest BCUT2D eigenvalue weighted by Crippen LogP contribution is 2.34. The fourth-order valence-electron chi connectivity index (χ4n) is 3.92. The molecule has 0 saturated carbocycles. The number of hydrogen-bond acceptors (Lipinski definition) is 8. The zero-order valence-electron chi connectivity index (χ0n) is 20.5. The van der Waals surface area contributed by atoms with Crippen LogP contribution in [0.3, 0.4) is 0 Å². The molecule has 0 amide bonds. The van der Waals surface area contributed by atoms with Crippen LogP contribution in [-0.2, 0) is 21.3 Å². The van der Waals surface area contributed by atoms with Crippen LogP contribution >= 0.6 is 0 Å². The highest BCUT2D eigenvalue weighted by atomic mass is 16.6.